The summed E-state index contributed by atoms with van der Waals surface area (Å²) >= 11 is 0. The van der Waals surface area contributed by atoms with Crippen molar-refractivity contribution in [3.05, 3.63) is 113 Å². The Balaban J connectivity index is 1.92. The number of hydrogen-bond acceptors (Lipinski definition) is 6. The highest BCUT2D eigenvalue weighted by molar-refractivity contribution is 5.86. The maximum absolute atomic E-state index is 15.0. The number of pyridine rings is 2. The molecule has 0 saturated carbocycles. The van der Waals surface area contributed by atoms with E-state index in [9.17, 15) is 9.65 Å². The summed E-state index contributed by atoms with van der Waals surface area (Å²) in [5.74, 6) is -0.0663. The zero-order chi connectivity index (χ0) is 22.3. The number of anilines is 1. The Morgan fingerprint density at radius 1 is 1.09 bits per heavy atom. The molecule has 1 aromatic carbocycles. The predicted octanol–water partition coefficient (Wildman–Crippen LogP) is 4.93. The number of hydrogen-bond donors (Lipinski definition) is 0. The van der Waals surface area contributed by atoms with E-state index in [0.717, 1.165) is 16.9 Å². The first-order valence-electron chi connectivity index (χ1n) is 9.99. The minimum Gasteiger partial charge on any atom is -0.481 e. The van der Waals surface area contributed by atoms with Crippen molar-refractivity contribution in [1.82, 2.24) is 9.97 Å². The fourth-order valence-corrected chi connectivity index (χ4v) is 3.56. The number of aliphatic imine (C=N–C) groups is 1. The normalized spacial score (nSPS) is 13.9. The number of nitrogens with zero attached hydrogens (tertiary/aromatic N) is 5. The van der Waals surface area contributed by atoms with Gasteiger partial charge in [-0.1, -0.05) is 18.2 Å². The number of rotatable bonds is 6. The molecule has 3 aromatic rings. The molecule has 0 N–H and O–H groups in total. The number of benzene rings is 1. The lowest BCUT2D eigenvalue weighted by Crippen LogP contribution is -2.30. The van der Waals surface area contributed by atoms with E-state index in [-0.39, 0.29) is 0 Å². The van der Waals surface area contributed by atoms with Crippen LogP contribution in [0.25, 0.3) is 0 Å². The summed E-state index contributed by atoms with van der Waals surface area (Å²) in [7, 11) is 1.57. The zero-order valence-electron chi connectivity index (χ0n) is 17.4. The van der Waals surface area contributed by atoms with Crippen LogP contribution in [0.2, 0.25) is 0 Å². The third kappa shape index (κ3) is 4.40. The second-order valence-electron chi connectivity index (χ2n) is 6.97. The first-order chi connectivity index (χ1) is 15.7. The lowest BCUT2D eigenvalue weighted by Gasteiger charge is -2.35. The van der Waals surface area contributed by atoms with Crippen molar-refractivity contribution in [3.63, 3.8) is 0 Å². The molecule has 1 aliphatic heterocycles. The average Bonchev–Trinajstić information content (AvgIpc) is 3.09. The Kier molecular flexibility index (Phi) is 6.33. The van der Waals surface area contributed by atoms with Gasteiger partial charge in [-0.05, 0) is 54.5 Å². The van der Waals surface area contributed by atoms with Crippen LogP contribution in [-0.4, -0.2) is 23.3 Å². The maximum atomic E-state index is 15.0. The molecule has 4 rings (SSSR count). The molecule has 1 atom stereocenters. The molecule has 6 nitrogen and oxygen atoms in total. The number of allylic oxidation sites excluding steroid dienone is 3. The third-order valence-electron chi connectivity index (χ3n) is 5.05. The fourth-order valence-electron chi connectivity index (χ4n) is 3.56. The highest BCUT2D eigenvalue weighted by Crippen LogP contribution is 2.37. The van der Waals surface area contributed by atoms with Crippen LogP contribution in [0.15, 0.2) is 95.8 Å². The Morgan fingerprint density at radius 2 is 1.91 bits per heavy atom. The molecule has 0 spiro atoms. The molecular formula is C25H20FN5O. The van der Waals surface area contributed by atoms with Crippen LogP contribution in [0, 0.1) is 17.3 Å². The second kappa shape index (κ2) is 9.67. The number of halogens is 1. The van der Waals surface area contributed by atoms with Crippen LogP contribution in [0.3, 0.4) is 0 Å². The van der Waals surface area contributed by atoms with E-state index in [1.54, 1.807) is 50.0 Å². The van der Waals surface area contributed by atoms with Gasteiger partial charge >= 0.3 is 0 Å². The zero-order valence-corrected chi connectivity index (χ0v) is 17.4. The lowest BCUT2D eigenvalue weighted by molar-refractivity contribution is 0.288. The van der Waals surface area contributed by atoms with Crippen molar-refractivity contribution in [3.8, 4) is 6.07 Å². The van der Waals surface area contributed by atoms with Gasteiger partial charge in [-0.3, -0.25) is 4.98 Å². The molecule has 32 heavy (non-hydrogen) atoms. The second-order valence-corrected chi connectivity index (χ2v) is 6.97. The van der Waals surface area contributed by atoms with Gasteiger partial charge in [0, 0.05) is 29.8 Å². The van der Waals surface area contributed by atoms with Gasteiger partial charge in [0.15, 0.2) is 0 Å². The van der Waals surface area contributed by atoms with E-state index < -0.39 is 12.0 Å². The number of methoxy groups -OCH3 is 1. The van der Waals surface area contributed by atoms with Crippen LogP contribution in [0.1, 0.15) is 29.2 Å². The highest BCUT2D eigenvalue weighted by atomic mass is 19.1. The Bertz CT molecular complexity index is 1210. The standard InChI is InChI=1S/C25H20FN5O/c1-32-23-8-2-6-21(17-30-23)31(20-11-9-18(15-27)10-12-20)24(19-5-3-13-28-16-19)22-7-4-14-29-25(22)26/h3-14,16-17,24H,2H2,1H3. The molecule has 7 heteroatoms. The van der Waals surface area contributed by atoms with Gasteiger partial charge in [-0.15, -0.1) is 0 Å². The smallest absolute Gasteiger partial charge is 0.218 e. The summed E-state index contributed by atoms with van der Waals surface area (Å²) in [5.41, 5.74) is 3.21. The van der Waals surface area contributed by atoms with Crippen molar-refractivity contribution < 1.29 is 9.13 Å². The van der Waals surface area contributed by atoms with E-state index in [1.165, 1.54) is 6.20 Å². The van der Waals surface area contributed by atoms with Gasteiger partial charge in [0.2, 0.25) is 11.8 Å². The van der Waals surface area contributed by atoms with E-state index in [4.69, 9.17) is 4.74 Å². The van der Waals surface area contributed by atoms with Gasteiger partial charge < -0.3 is 9.64 Å². The summed E-state index contributed by atoms with van der Waals surface area (Å²) in [6, 6.07) is 15.8. The van der Waals surface area contributed by atoms with Crippen molar-refractivity contribution in [2.24, 2.45) is 4.99 Å². The molecular weight excluding hydrogens is 405 g/mol. The molecule has 1 aliphatic rings. The van der Waals surface area contributed by atoms with Crippen molar-refractivity contribution in [1.29, 1.82) is 5.26 Å². The number of nitriles is 1. The molecule has 158 valence electrons. The summed E-state index contributed by atoms with van der Waals surface area (Å²) in [6.45, 7) is 0. The van der Waals surface area contributed by atoms with E-state index in [1.807, 2.05) is 41.3 Å². The van der Waals surface area contributed by atoms with E-state index >= 15 is 0 Å². The quantitative estimate of drug-likeness (QED) is 0.524. The minimum atomic E-state index is -0.577. The predicted molar refractivity (Wildman–Crippen MR) is 120 cm³/mol. The monoisotopic (exact) mass is 425 g/mol. The highest BCUT2D eigenvalue weighted by Gasteiger charge is 2.29. The summed E-state index contributed by atoms with van der Waals surface area (Å²) in [4.78, 5) is 14.5. The topological polar surface area (TPSA) is 74.4 Å². The van der Waals surface area contributed by atoms with Gasteiger partial charge in [-0.2, -0.15) is 9.65 Å². The summed E-state index contributed by atoms with van der Waals surface area (Å²) < 4.78 is 20.3. The largest absolute Gasteiger partial charge is 0.481 e. The van der Waals surface area contributed by atoms with Crippen LogP contribution in [0.5, 0.6) is 0 Å². The molecule has 3 heterocycles. The molecule has 0 saturated heterocycles. The summed E-state index contributed by atoms with van der Waals surface area (Å²) in [6.07, 6.45) is 10.9. The molecule has 0 amide bonds. The molecule has 1 unspecified atom stereocenters. The maximum Gasteiger partial charge on any atom is 0.218 e. The van der Waals surface area contributed by atoms with Crippen molar-refractivity contribution in [2.75, 3.05) is 12.0 Å². The molecule has 0 fully saturated rings. The van der Waals surface area contributed by atoms with Crippen LogP contribution >= 0.6 is 0 Å². The molecule has 2 aromatic heterocycles. The van der Waals surface area contributed by atoms with Crippen molar-refractivity contribution >= 4 is 11.9 Å². The molecule has 0 radical (unpaired) electrons. The SMILES string of the molecule is COC1=CCC=C(N(c2ccc(C#N)cc2)C(c2cccnc2)c2cccnc2F)C=N1. The van der Waals surface area contributed by atoms with Gasteiger partial charge in [-0.25, -0.2) is 9.98 Å². The average molecular weight is 425 g/mol. The fraction of sp³-hybridized carbons (Fsp3) is 0.120. The van der Waals surface area contributed by atoms with Crippen LogP contribution in [-0.2, 0) is 4.74 Å². The van der Waals surface area contributed by atoms with E-state index in [2.05, 4.69) is 21.0 Å². The van der Waals surface area contributed by atoms with Crippen LogP contribution < -0.4 is 4.90 Å². The first kappa shape index (κ1) is 20.9. The lowest BCUT2D eigenvalue weighted by atomic mass is 9.97. The van der Waals surface area contributed by atoms with Crippen LogP contribution in [0.4, 0.5) is 10.1 Å². The number of ether oxygens (including phenoxy) is 1. The third-order valence-corrected chi connectivity index (χ3v) is 5.05. The minimum absolute atomic E-state index is 0.392. The number of aromatic nitrogens is 2. The Morgan fingerprint density at radius 3 is 2.59 bits per heavy atom. The molecule has 0 bridgehead atoms. The van der Waals surface area contributed by atoms with Gasteiger partial charge in [0.05, 0.1) is 36.7 Å². The molecule has 0 aliphatic carbocycles. The van der Waals surface area contributed by atoms with Gasteiger partial charge in [0.1, 0.15) is 0 Å². The van der Waals surface area contributed by atoms with E-state index in [0.29, 0.717) is 23.4 Å². The Labute approximate surface area is 185 Å². The first-order valence-corrected chi connectivity index (χ1v) is 9.99. The van der Waals surface area contributed by atoms with Crippen molar-refractivity contribution in [2.45, 2.75) is 12.5 Å². The summed E-state index contributed by atoms with van der Waals surface area (Å²) in [5, 5.41) is 9.23. The Hall–Kier alpha value is -4.31. The van der Waals surface area contributed by atoms with Gasteiger partial charge in [0.25, 0.3) is 0 Å².